The van der Waals surface area contributed by atoms with Crippen molar-refractivity contribution >= 4 is 5.91 Å². The molecule has 96 valence electrons. The van der Waals surface area contributed by atoms with Crippen LogP contribution in [0.5, 0.6) is 0 Å². The molecule has 1 atom stereocenters. The second-order valence-corrected chi connectivity index (χ2v) is 4.09. The van der Waals surface area contributed by atoms with Crippen molar-refractivity contribution in [1.29, 1.82) is 0 Å². The Morgan fingerprint density at radius 3 is 2.76 bits per heavy atom. The lowest BCUT2D eigenvalue weighted by Crippen LogP contribution is -2.45. The van der Waals surface area contributed by atoms with Crippen molar-refractivity contribution in [2.24, 2.45) is 0 Å². The van der Waals surface area contributed by atoms with E-state index in [0.717, 1.165) is 0 Å². The van der Waals surface area contributed by atoms with Gasteiger partial charge in [-0.1, -0.05) is 5.16 Å². The van der Waals surface area contributed by atoms with E-state index in [9.17, 15) is 4.79 Å². The summed E-state index contributed by atoms with van der Waals surface area (Å²) in [7, 11) is 3.16. The van der Waals surface area contributed by atoms with Crippen LogP contribution in [0.2, 0.25) is 0 Å². The number of amides is 1. The summed E-state index contributed by atoms with van der Waals surface area (Å²) in [6.45, 7) is 4.31. The van der Waals surface area contributed by atoms with Gasteiger partial charge >= 0.3 is 0 Å². The van der Waals surface area contributed by atoms with Gasteiger partial charge in [-0.25, -0.2) is 0 Å². The maximum atomic E-state index is 11.7. The van der Waals surface area contributed by atoms with Gasteiger partial charge in [-0.05, 0) is 13.8 Å². The Morgan fingerprint density at radius 1 is 1.59 bits per heavy atom. The molecule has 0 unspecified atom stereocenters. The molecule has 0 aliphatic carbocycles. The third kappa shape index (κ3) is 3.83. The van der Waals surface area contributed by atoms with Crippen LogP contribution in [0.3, 0.4) is 0 Å². The molecule has 1 rings (SSSR count). The number of hydrogen-bond acceptors (Lipinski definition) is 5. The van der Waals surface area contributed by atoms with E-state index in [1.807, 2.05) is 6.92 Å². The smallest absolute Gasteiger partial charge is 0.273 e. The number of nitrogens with zero attached hydrogens (tertiary/aromatic N) is 1. The van der Waals surface area contributed by atoms with Gasteiger partial charge in [0.05, 0.1) is 6.61 Å². The first-order valence-electron chi connectivity index (χ1n) is 5.26. The second kappa shape index (κ2) is 5.79. The third-order valence-electron chi connectivity index (χ3n) is 2.43. The highest BCUT2D eigenvalue weighted by atomic mass is 16.5. The Labute approximate surface area is 100 Å². The first kappa shape index (κ1) is 13.7. The Balaban J connectivity index is 2.52. The summed E-state index contributed by atoms with van der Waals surface area (Å²) >= 11 is 0. The molecule has 1 amide bonds. The van der Waals surface area contributed by atoms with Crippen LogP contribution in [0, 0.1) is 6.92 Å². The van der Waals surface area contributed by atoms with E-state index in [-0.39, 0.29) is 11.6 Å². The summed E-state index contributed by atoms with van der Waals surface area (Å²) in [4.78, 5) is 11.7. The molecule has 17 heavy (non-hydrogen) atoms. The highest BCUT2D eigenvalue weighted by molar-refractivity contribution is 5.92. The zero-order valence-corrected chi connectivity index (χ0v) is 10.6. The summed E-state index contributed by atoms with van der Waals surface area (Å²) in [5.74, 6) is 0.308. The monoisotopic (exact) mass is 242 g/mol. The third-order valence-corrected chi connectivity index (χ3v) is 2.43. The van der Waals surface area contributed by atoms with Crippen LogP contribution in [0.1, 0.15) is 23.2 Å². The largest absolute Gasteiger partial charge is 0.382 e. The average molecular weight is 242 g/mol. The minimum Gasteiger partial charge on any atom is -0.382 e. The van der Waals surface area contributed by atoms with Gasteiger partial charge in [0.15, 0.2) is 5.69 Å². The summed E-state index contributed by atoms with van der Waals surface area (Å²) in [6, 6.07) is 1.58. The fourth-order valence-electron chi connectivity index (χ4n) is 1.32. The van der Waals surface area contributed by atoms with Crippen LogP contribution in [0.15, 0.2) is 10.6 Å². The fraction of sp³-hybridized carbons (Fsp3) is 0.636. The molecule has 1 aromatic rings. The van der Waals surface area contributed by atoms with Crippen LogP contribution in [0.4, 0.5) is 0 Å². The number of rotatable bonds is 6. The number of carbonyl (C=O) groups is 1. The van der Waals surface area contributed by atoms with Crippen molar-refractivity contribution < 1.29 is 18.8 Å². The lowest BCUT2D eigenvalue weighted by atomic mass is 10.1. The van der Waals surface area contributed by atoms with Gasteiger partial charge in [0.25, 0.3) is 5.91 Å². The molecule has 1 aromatic heterocycles. The molecule has 6 heteroatoms. The van der Waals surface area contributed by atoms with Gasteiger partial charge in [-0.2, -0.15) is 0 Å². The first-order chi connectivity index (χ1) is 8.00. The molecule has 0 fully saturated rings. The van der Waals surface area contributed by atoms with E-state index in [4.69, 9.17) is 14.0 Å². The minimum absolute atomic E-state index is 0.262. The molecule has 6 nitrogen and oxygen atoms in total. The molecule has 0 radical (unpaired) electrons. The molecule has 0 saturated carbocycles. The number of ether oxygens (including phenoxy) is 2. The number of nitrogens with one attached hydrogen (secondary N) is 1. The molecule has 0 aliphatic heterocycles. The number of aryl methyl sites for hydroxylation is 1. The van der Waals surface area contributed by atoms with Crippen LogP contribution in [-0.4, -0.2) is 44.0 Å². The van der Waals surface area contributed by atoms with Gasteiger partial charge in [0, 0.05) is 26.8 Å². The minimum atomic E-state index is -0.552. The van der Waals surface area contributed by atoms with Gasteiger partial charge in [-0.15, -0.1) is 0 Å². The number of aromatic nitrogens is 1. The molecule has 1 heterocycles. The molecule has 0 aromatic carbocycles. The standard InChI is InChI=1S/C11H18N2O4/c1-8-5-9(13-17-8)10(14)12-6-11(2,16-4)7-15-3/h5H,6-7H2,1-4H3,(H,12,14)/t11-/m1/s1. The lowest BCUT2D eigenvalue weighted by molar-refractivity contribution is -0.0480. The zero-order valence-electron chi connectivity index (χ0n) is 10.6. The number of hydrogen-bond donors (Lipinski definition) is 1. The molecule has 0 bridgehead atoms. The second-order valence-electron chi connectivity index (χ2n) is 4.09. The highest BCUT2D eigenvalue weighted by Crippen LogP contribution is 2.08. The van der Waals surface area contributed by atoms with Crippen molar-refractivity contribution in [1.82, 2.24) is 10.5 Å². The van der Waals surface area contributed by atoms with E-state index >= 15 is 0 Å². The average Bonchev–Trinajstić information content (AvgIpc) is 2.73. The van der Waals surface area contributed by atoms with Crippen molar-refractivity contribution in [3.05, 3.63) is 17.5 Å². The van der Waals surface area contributed by atoms with E-state index < -0.39 is 5.60 Å². The topological polar surface area (TPSA) is 73.6 Å². The Morgan fingerprint density at radius 2 is 2.29 bits per heavy atom. The quantitative estimate of drug-likeness (QED) is 0.797. The van der Waals surface area contributed by atoms with E-state index in [1.54, 1.807) is 27.2 Å². The molecule has 0 spiro atoms. The van der Waals surface area contributed by atoms with Gasteiger partial charge in [0.1, 0.15) is 11.4 Å². The summed E-state index contributed by atoms with van der Waals surface area (Å²) in [5.41, 5.74) is -0.290. The van der Waals surface area contributed by atoms with E-state index in [2.05, 4.69) is 10.5 Å². The van der Waals surface area contributed by atoms with Crippen molar-refractivity contribution in [2.45, 2.75) is 19.4 Å². The van der Waals surface area contributed by atoms with Crippen molar-refractivity contribution in [3.8, 4) is 0 Å². The Hall–Kier alpha value is -1.40. The van der Waals surface area contributed by atoms with Gasteiger partial charge in [-0.3, -0.25) is 4.79 Å². The predicted octanol–water partition coefficient (Wildman–Crippen LogP) is 0.764. The van der Waals surface area contributed by atoms with Crippen molar-refractivity contribution in [3.63, 3.8) is 0 Å². The number of methoxy groups -OCH3 is 2. The molecular weight excluding hydrogens is 224 g/mol. The summed E-state index contributed by atoms with van der Waals surface area (Å²) in [5, 5.41) is 6.35. The SMILES string of the molecule is COC[C@@](C)(CNC(=O)c1cc(C)on1)OC. The van der Waals surface area contributed by atoms with Crippen LogP contribution >= 0.6 is 0 Å². The van der Waals surface area contributed by atoms with E-state index in [0.29, 0.717) is 18.9 Å². The summed E-state index contributed by atoms with van der Waals surface area (Å²) in [6.07, 6.45) is 0. The van der Waals surface area contributed by atoms with Crippen LogP contribution in [-0.2, 0) is 9.47 Å². The first-order valence-corrected chi connectivity index (χ1v) is 5.26. The fourth-order valence-corrected chi connectivity index (χ4v) is 1.32. The number of carbonyl (C=O) groups excluding carboxylic acids is 1. The maximum absolute atomic E-state index is 11.7. The molecule has 0 aliphatic rings. The predicted molar refractivity (Wildman–Crippen MR) is 60.9 cm³/mol. The normalized spacial score (nSPS) is 14.4. The maximum Gasteiger partial charge on any atom is 0.273 e. The zero-order chi connectivity index (χ0) is 12.9. The molecular formula is C11H18N2O4. The lowest BCUT2D eigenvalue weighted by Gasteiger charge is -2.27. The molecule has 0 saturated heterocycles. The highest BCUT2D eigenvalue weighted by Gasteiger charge is 2.25. The Bertz CT molecular complexity index is 377. The van der Waals surface area contributed by atoms with Gasteiger partial charge in [0.2, 0.25) is 0 Å². The summed E-state index contributed by atoms with van der Waals surface area (Å²) < 4.78 is 15.1. The van der Waals surface area contributed by atoms with Crippen LogP contribution < -0.4 is 5.32 Å². The van der Waals surface area contributed by atoms with E-state index in [1.165, 1.54) is 0 Å². The van der Waals surface area contributed by atoms with Gasteiger partial charge < -0.3 is 19.3 Å². The van der Waals surface area contributed by atoms with Crippen LogP contribution in [0.25, 0.3) is 0 Å². The molecule has 1 N–H and O–H groups in total. The Kier molecular flexibility index (Phi) is 4.65. The van der Waals surface area contributed by atoms with Crippen molar-refractivity contribution in [2.75, 3.05) is 27.4 Å².